The molecule has 1 saturated carbocycles. The number of ether oxygens (including phenoxy) is 2. The summed E-state index contributed by atoms with van der Waals surface area (Å²) in [6.45, 7) is 1.02. The first-order valence-corrected chi connectivity index (χ1v) is 7.90. The van der Waals surface area contributed by atoms with Crippen LogP contribution in [0.3, 0.4) is 0 Å². The van der Waals surface area contributed by atoms with Gasteiger partial charge in [-0.3, -0.25) is 4.79 Å². The second-order valence-corrected chi connectivity index (χ2v) is 6.18. The molecule has 1 N–H and O–H groups in total. The van der Waals surface area contributed by atoms with Gasteiger partial charge in [0.15, 0.2) is 5.79 Å². The molecule has 3 rings (SSSR count). The lowest BCUT2D eigenvalue weighted by Crippen LogP contribution is -2.37. The van der Waals surface area contributed by atoms with E-state index in [1.54, 1.807) is 24.3 Å². The Morgan fingerprint density at radius 1 is 1.33 bits per heavy atom. The van der Waals surface area contributed by atoms with Crippen LogP contribution in [0.15, 0.2) is 24.3 Å². The molecule has 1 amide bonds. The molecule has 0 radical (unpaired) electrons. The van der Waals surface area contributed by atoms with E-state index in [4.69, 9.17) is 21.1 Å². The van der Waals surface area contributed by atoms with Crippen molar-refractivity contribution in [2.75, 3.05) is 13.2 Å². The average Bonchev–Trinajstić information content (AvgIpc) is 2.88. The standard InChI is InChI=1S/C16H20ClNO3/c17-13-6-4-5-12(9-13)15(19)18-10-14-11-20-16(21-14)7-2-1-3-8-16/h4-6,9,14H,1-3,7-8,10-11H2,(H,18,19). The van der Waals surface area contributed by atoms with Crippen LogP contribution in [0.2, 0.25) is 5.02 Å². The molecule has 1 aliphatic carbocycles. The second kappa shape index (κ2) is 6.34. The van der Waals surface area contributed by atoms with Gasteiger partial charge in [0.2, 0.25) is 0 Å². The predicted octanol–water partition coefficient (Wildman–Crippen LogP) is 3.15. The van der Waals surface area contributed by atoms with Crippen molar-refractivity contribution in [2.45, 2.75) is 44.0 Å². The van der Waals surface area contributed by atoms with Crippen molar-refractivity contribution in [2.24, 2.45) is 0 Å². The number of halogens is 1. The lowest BCUT2D eigenvalue weighted by molar-refractivity contribution is -0.186. The number of carbonyl (C=O) groups excluding carboxylic acids is 1. The summed E-state index contributed by atoms with van der Waals surface area (Å²) in [6, 6.07) is 6.92. The Morgan fingerprint density at radius 3 is 2.90 bits per heavy atom. The maximum absolute atomic E-state index is 12.1. The van der Waals surface area contributed by atoms with Crippen LogP contribution in [0, 0.1) is 0 Å². The van der Waals surface area contributed by atoms with Crippen LogP contribution in [-0.2, 0) is 9.47 Å². The summed E-state index contributed by atoms with van der Waals surface area (Å²) >= 11 is 5.89. The van der Waals surface area contributed by atoms with Crippen molar-refractivity contribution in [3.05, 3.63) is 34.9 Å². The van der Waals surface area contributed by atoms with Crippen LogP contribution >= 0.6 is 11.6 Å². The minimum Gasteiger partial charge on any atom is -0.349 e. The monoisotopic (exact) mass is 309 g/mol. The van der Waals surface area contributed by atoms with Gasteiger partial charge in [0.05, 0.1) is 6.61 Å². The zero-order chi connectivity index (χ0) is 14.7. The maximum Gasteiger partial charge on any atom is 0.251 e. The van der Waals surface area contributed by atoms with E-state index < -0.39 is 0 Å². The highest BCUT2D eigenvalue weighted by atomic mass is 35.5. The normalized spacial score (nSPS) is 24.1. The SMILES string of the molecule is O=C(NCC1COC2(CCCCC2)O1)c1cccc(Cl)c1. The molecular weight excluding hydrogens is 290 g/mol. The Bertz CT molecular complexity index is 514. The van der Waals surface area contributed by atoms with Crippen molar-refractivity contribution in [1.29, 1.82) is 0 Å². The number of rotatable bonds is 3. The number of carbonyl (C=O) groups is 1. The molecule has 1 aromatic rings. The van der Waals surface area contributed by atoms with E-state index in [1.807, 2.05) is 0 Å². The van der Waals surface area contributed by atoms with E-state index in [-0.39, 0.29) is 17.8 Å². The Kier molecular flexibility index (Phi) is 4.48. The molecule has 0 aromatic heterocycles. The Morgan fingerprint density at radius 2 is 2.14 bits per heavy atom. The first kappa shape index (κ1) is 14.8. The highest BCUT2D eigenvalue weighted by Gasteiger charge is 2.42. The highest BCUT2D eigenvalue weighted by molar-refractivity contribution is 6.30. The van der Waals surface area contributed by atoms with Gasteiger partial charge in [-0.25, -0.2) is 0 Å². The Balaban J connectivity index is 1.51. The number of hydrogen-bond acceptors (Lipinski definition) is 3. The quantitative estimate of drug-likeness (QED) is 0.933. The van der Waals surface area contributed by atoms with E-state index in [9.17, 15) is 4.79 Å². The van der Waals surface area contributed by atoms with Crippen LogP contribution in [0.5, 0.6) is 0 Å². The van der Waals surface area contributed by atoms with Crippen molar-refractivity contribution in [3.63, 3.8) is 0 Å². The molecule has 114 valence electrons. The summed E-state index contributed by atoms with van der Waals surface area (Å²) in [7, 11) is 0. The number of benzene rings is 1. The molecule has 0 bridgehead atoms. The van der Waals surface area contributed by atoms with Gasteiger partial charge in [0.1, 0.15) is 6.10 Å². The summed E-state index contributed by atoms with van der Waals surface area (Å²) in [5, 5.41) is 3.45. The van der Waals surface area contributed by atoms with Crippen LogP contribution in [0.1, 0.15) is 42.5 Å². The highest BCUT2D eigenvalue weighted by Crippen LogP contribution is 2.37. The van der Waals surface area contributed by atoms with Gasteiger partial charge < -0.3 is 14.8 Å². The topological polar surface area (TPSA) is 47.6 Å². The third-order valence-corrected chi connectivity index (χ3v) is 4.34. The fourth-order valence-electron chi connectivity index (χ4n) is 3.01. The summed E-state index contributed by atoms with van der Waals surface area (Å²) in [5.41, 5.74) is 0.564. The second-order valence-electron chi connectivity index (χ2n) is 5.74. The van der Waals surface area contributed by atoms with Crippen LogP contribution in [0.4, 0.5) is 0 Å². The van der Waals surface area contributed by atoms with Gasteiger partial charge in [-0.2, -0.15) is 0 Å². The predicted molar refractivity (Wildman–Crippen MR) is 80.4 cm³/mol. The first-order chi connectivity index (χ1) is 10.2. The molecule has 2 fully saturated rings. The van der Waals surface area contributed by atoms with E-state index in [1.165, 1.54) is 6.42 Å². The van der Waals surface area contributed by atoms with Crippen molar-refractivity contribution in [1.82, 2.24) is 5.32 Å². The lowest BCUT2D eigenvalue weighted by Gasteiger charge is -2.31. The minimum atomic E-state index is -0.385. The summed E-state index contributed by atoms with van der Waals surface area (Å²) in [4.78, 5) is 12.1. The maximum atomic E-state index is 12.1. The Hall–Kier alpha value is -1.10. The zero-order valence-electron chi connectivity index (χ0n) is 11.9. The first-order valence-electron chi connectivity index (χ1n) is 7.52. The third-order valence-electron chi connectivity index (χ3n) is 4.11. The van der Waals surface area contributed by atoms with Gasteiger partial charge in [0.25, 0.3) is 5.91 Å². The molecule has 4 nitrogen and oxygen atoms in total. The van der Waals surface area contributed by atoms with Crippen molar-refractivity contribution >= 4 is 17.5 Å². The fourth-order valence-corrected chi connectivity index (χ4v) is 3.20. The van der Waals surface area contributed by atoms with Gasteiger partial charge >= 0.3 is 0 Å². The van der Waals surface area contributed by atoms with Gasteiger partial charge in [-0.1, -0.05) is 24.1 Å². The fraction of sp³-hybridized carbons (Fsp3) is 0.562. The van der Waals surface area contributed by atoms with Crippen molar-refractivity contribution < 1.29 is 14.3 Å². The number of hydrogen-bond donors (Lipinski definition) is 1. The zero-order valence-corrected chi connectivity index (χ0v) is 12.7. The molecule has 21 heavy (non-hydrogen) atoms. The minimum absolute atomic E-state index is 0.0637. The van der Waals surface area contributed by atoms with Gasteiger partial charge in [-0.05, 0) is 31.0 Å². The van der Waals surface area contributed by atoms with Gasteiger partial charge in [0, 0.05) is 30.0 Å². The summed E-state index contributed by atoms with van der Waals surface area (Å²) in [5.74, 6) is -0.519. The smallest absolute Gasteiger partial charge is 0.251 e. The van der Waals surface area contributed by atoms with E-state index in [2.05, 4.69) is 5.32 Å². The molecule has 1 aromatic carbocycles. The number of amides is 1. The molecule has 1 saturated heterocycles. The molecule has 5 heteroatoms. The van der Waals surface area contributed by atoms with E-state index in [0.29, 0.717) is 23.7 Å². The van der Waals surface area contributed by atoms with Crippen LogP contribution in [0.25, 0.3) is 0 Å². The largest absolute Gasteiger partial charge is 0.349 e. The van der Waals surface area contributed by atoms with E-state index in [0.717, 1.165) is 25.7 Å². The summed E-state index contributed by atoms with van der Waals surface area (Å²) in [6.07, 6.45) is 5.43. The molecule has 1 unspecified atom stereocenters. The molecule has 2 aliphatic rings. The number of nitrogens with one attached hydrogen (secondary N) is 1. The van der Waals surface area contributed by atoms with E-state index >= 15 is 0 Å². The lowest BCUT2D eigenvalue weighted by atomic mass is 9.94. The van der Waals surface area contributed by atoms with Crippen LogP contribution < -0.4 is 5.32 Å². The molecule has 1 spiro atoms. The summed E-state index contributed by atoms with van der Waals surface area (Å²) < 4.78 is 11.9. The molecule has 1 heterocycles. The average molecular weight is 310 g/mol. The van der Waals surface area contributed by atoms with Crippen molar-refractivity contribution in [3.8, 4) is 0 Å². The third kappa shape index (κ3) is 3.57. The molecule has 1 aliphatic heterocycles. The molecule has 1 atom stereocenters. The van der Waals surface area contributed by atoms with Crippen LogP contribution in [-0.4, -0.2) is 30.9 Å². The molecular formula is C16H20ClNO3. The Labute approximate surface area is 129 Å². The van der Waals surface area contributed by atoms with Gasteiger partial charge in [-0.15, -0.1) is 0 Å².